The first-order chi connectivity index (χ1) is 17.0. The Morgan fingerprint density at radius 2 is 1.57 bits per heavy atom. The molecule has 1 amide bonds. The van der Waals surface area contributed by atoms with Gasteiger partial charge >= 0.3 is 0 Å². The first kappa shape index (κ1) is 24.0. The van der Waals surface area contributed by atoms with Crippen LogP contribution in [0.3, 0.4) is 0 Å². The number of aromatic nitrogens is 1. The van der Waals surface area contributed by atoms with E-state index in [0.717, 1.165) is 11.1 Å². The number of hydrogen-bond donors (Lipinski definition) is 1. The quantitative estimate of drug-likeness (QED) is 0.378. The Labute approximate surface area is 205 Å². The van der Waals surface area contributed by atoms with Crippen LogP contribution in [-0.2, 0) is 23.1 Å². The summed E-state index contributed by atoms with van der Waals surface area (Å²) >= 11 is 0. The van der Waals surface area contributed by atoms with E-state index in [-0.39, 0.29) is 35.1 Å². The maximum atomic E-state index is 13.8. The van der Waals surface area contributed by atoms with Crippen molar-refractivity contribution in [3.8, 4) is 5.75 Å². The third-order valence-corrected chi connectivity index (χ3v) is 7.18. The Morgan fingerprint density at radius 3 is 2.26 bits per heavy atom. The highest BCUT2D eigenvalue weighted by Crippen LogP contribution is 2.30. The average molecular weight is 488 g/mol. The molecule has 1 heterocycles. The lowest BCUT2D eigenvalue weighted by Gasteiger charge is -2.26. The van der Waals surface area contributed by atoms with Gasteiger partial charge in [0.1, 0.15) is 5.75 Å². The van der Waals surface area contributed by atoms with Gasteiger partial charge in [0.2, 0.25) is 0 Å². The first-order valence-corrected chi connectivity index (χ1v) is 12.4. The molecule has 0 fully saturated rings. The fourth-order valence-corrected chi connectivity index (χ4v) is 5.06. The molecule has 7 nitrogen and oxygen atoms in total. The van der Waals surface area contributed by atoms with Crippen LogP contribution in [-0.4, -0.2) is 26.4 Å². The lowest BCUT2D eigenvalue weighted by atomic mass is 10.1. The zero-order valence-electron chi connectivity index (χ0n) is 19.2. The minimum Gasteiger partial charge on any atom is -0.497 e. The van der Waals surface area contributed by atoms with Gasteiger partial charge in [-0.2, -0.15) is 0 Å². The van der Waals surface area contributed by atoms with Gasteiger partial charge in [-0.1, -0.05) is 48.5 Å². The second-order valence-corrected chi connectivity index (χ2v) is 9.60. The van der Waals surface area contributed by atoms with Crippen molar-refractivity contribution in [1.29, 1.82) is 0 Å². The number of amides is 1. The predicted molar refractivity (Wildman–Crippen MR) is 135 cm³/mol. The molecule has 1 N–H and O–H groups in total. The number of benzene rings is 3. The van der Waals surface area contributed by atoms with E-state index in [1.807, 2.05) is 36.4 Å². The molecule has 0 radical (unpaired) electrons. The maximum Gasteiger partial charge on any atom is 0.264 e. The van der Waals surface area contributed by atoms with Crippen LogP contribution in [0.1, 0.15) is 21.5 Å². The summed E-state index contributed by atoms with van der Waals surface area (Å²) in [5.74, 6) is 0.168. The number of nitrogens with one attached hydrogen (secondary N) is 1. The molecule has 4 rings (SSSR count). The zero-order valence-corrected chi connectivity index (χ0v) is 20.0. The second kappa shape index (κ2) is 10.8. The van der Waals surface area contributed by atoms with Crippen LogP contribution in [0, 0.1) is 0 Å². The lowest BCUT2D eigenvalue weighted by Crippen LogP contribution is -2.33. The minimum absolute atomic E-state index is 0.0576. The molecule has 0 aliphatic carbocycles. The number of carbonyl (C=O) groups is 1. The number of carbonyl (C=O) groups excluding carboxylic acids is 1. The molecule has 0 spiro atoms. The molecule has 0 aliphatic heterocycles. The van der Waals surface area contributed by atoms with Gasteiger partial charge in [-0.3, -0.25) is 14.1 Å². The Bertz CT molecular complexity index is 1380. The summed E-state index contributed by atoms with van der Waals surface area (Å²) in [6.07, 6.45) is 3.33. The van der Waals surface area contributed by atoms with Crippen LogP contribution in [0.2, 0.25) is 0 Å². The van der Waals surface area contributed by atoms with Gasteiger partial charge < -0.3 is 10.1 Å². The molecule has 0 unspecified atom stereocenters. The molecule has 35 heavy (non-hydrogen) atoms. The van der Waals surface area contributed by atoms with Crippen molar-refractivity contribution < 1.29 is 17.9 Å². The Morgan fingerprint density at radius 1 is 0.886 bits per heavy atom. The van der Waals surface area contributed by atoms with Gasteiger partial charge in [0, 0.05) is 18.9 Å². The highest BCUT2D eigenvalue weighted by atomic mass is 32.2. The van der Waals surface area contributed by atoms with E-state index in [2.05, 4.69) is 10.3 Å². The Balaban J connectivity index is 1.72. The van der Waals surface area contributed by atoms with E-state index < -0.39 is 10.0 Å². The number of ether oxygens (including phenoxy) is 1. The number of pyridine rings is 1. The molecular weight excluding hydrogens is 462 g/mol. The fraction of sp³-hybridized carbons (Fsp3) is 0.111. The van der Waals surface area contributed by atoms with Gasteiger partial charge in [0.25, 0.3) is 15.9 Å². The molecule has 8 heteroatoms. The molecule has 0 saturated carbocycles. The summed E-state index contributed by atoms with van der Waals surface area (Å²) < 4.78 is 34.1. The van der Waals surface area contributed by atoms with E-state index in [1.54, 1.807) is 54.9 Å². The summed E-state index contributed by atoms with van der Waals surface area (Å²) in [6.45, 7) is 0.326. The van der Waals surface area contributed by atoms with Crippen LogP contribution in [0.25, 0.3) is 0 Å². The summed E-state index contributed by atoms with van der Waals surface area (Å²) in [7, 11) is -2.49. The lowest BCUT2D eigenvalue weighted by molar-refractivity contribution is 0.0951. The average Bonchev–Trinajstić information content (AvgIpc) is 2.91. The molecule has 3 aromatic carbocycles. The monoisotopic (exact) mass is 487 g/mol. The number of hydrogen-bond acceptors (Lipinski definition) is 5. The number of para-hydroxylation sites is 1. The number of anilines is 1. The molecule has 0 saturated heterocycles. The number of sulfonamides is 1. The maximum absolute atomic E-state index is 13.8. The topological polar surface area (TPSA) is 88.6 Å². The zero-order chi connectivity index (χ0) is 24.7. The smallest absolute Gasteiger partial charge is 0.264 e. The summed E-state index contributed by atoms with van der Waals surface area (Å²) in [5, 5.41) is 2.86. The molecule has 0 bridgehead atoms. The van der Waals surface area contributed by atoms with Crippen molar-refractivity contribution in [1.82, 2.24) is 10.3 Å². The van der Waals surface area contributed by atoms with Crippen molar-refractivity contribution >= 4 is 21.6 Å². The third kappa shape index (κ3) is 5.67. The highest BCUT2D eigenvalue weighted by Gasteiger charge is 2.28. The summed E-state index contributed by atoms with van der Waals surface area (Å²) in [5.41, 5.74) is 2.17. The van der Waals surface area contributed by atoms with Gasteiger partial charge in [-0.25, -0.2) is 8.42 Å². The number of nitrogens with zero attached hydrogens (tertiary/aromatic N) is 2. The van der Waals surface area contributed by atoms with E-state index in [4.69, 9.17) is 4.74 Å². The third-order valence-electron chi connectivity index (χ3n) is 5.41. The van der Waals surface area contributed by atoms with E-state index in [1.165, 1.54) is 23.5 Å². The SMILES string of the molecule is COc1ccc(S(=O)(=O)N(Cc2ccccc2)c2ccccc2C(=O)NCc2cccnc2)cc1. The van der Waals surface area contributed by atoms with E-state index >= 15 is 0 Å². The minimum atomic E-state index is -4.01. The molecule has 4 aromatic rings. The van der Waals surface area contributed by atoms with Gasteiger partial charge in [-0.15, -0.1) is 0 Å². The molecule has 0 atom stereocenters. The number of methoxy groups -OCH3 is 1. The van der Waals surface area contributed by atoms with E-state index in [9.17, 15) is 13.2 Å². The van der Waals surface area contributed by atoms with Crippen LogP contribution < -0.4 is 14.4 Å². The van der Waals surface area contributed by atoms with Gasteiger partial charge in [0.05, 0.1) is 29.8 Å². The molecular formula is C27H25N3O4S. The van der Waals surface area contributed by atoms with Crippen molar-refractivity contribution in [3.05, 3.63) is 120 Å². The standard InChI is InChI=1S/C27H25N3O4S/c1-34-23-13-15-24(16-14-23)35(32,33)30(20-21-8-3-2-4-9-21)26-12-6-5-11-25(26)27(31)29-19-22-10-7-17-28-18-22/h2-18H,19-20H2,1H3,(H,29,31). The van der Waals surface area contributed by atoms with Crippen molar-refractivity contribution in [2.45, 2.75) is 18.0 Å². The summed E-state index contributed by atoms with van der Waals surface area (Å²) in [4.78, 5) is 17.3. The molecule has 1 aromatic heterocycles. The van der Waals surface area contributed by atoms with Crippen molar-refractivity contribution in [3.63, 3.8) is 0 Å². The summed E-state index contributed by atoms with van der Waals surface area (Å²) in [6, 6.07) is 25.8. The van der Waals surface area contributed by atoms with Crippen LogP contribution >= 0.6 is 0 Å². The van der Waals surface area contributed by atoms with Gasteiger partial charge in [-0.05, 0) is 53.6 Å². The Hall–Kier alpha value is -4.17. The van der Waals surface area contributed by atoms with E-state index in [0.29, 0.717) is 5.75 Å². The fourth-order valence-electron chi connectivity index (χ4n) is 3.59. The first-order valence-electron chi connectivity index (χ1n) is 11.0. The highest BCUT2D eigenvalue weighted by molar-refractivity contribution is 7.92. The van der Waals surface area contributed by atoms with Crippen LogP contribution in [0.15, 0.2) is 108 Å². The Kier molecular flexibility index (Phi) is 7.42. The largest absolute Gasteiger partial charge is 0.497 e. The van der Waals surface area contributed by atoms with Gasteiger partial charge in [0.15, 0.2) is 0 Å². The molecule has 0 aliphatic rings. The van der Waals surface area contributed by atoms with Crippen molar-refractivity contribution in [2.24, 2.45) is 0 Å². The van der Waals surface area contributed by atoms with Crippen LogP contribution in [0.5, 0.6) is 5.75 Å². The van der Waals surface area contributed by atoms with Crippen LogP contribution in [0.4, 0.5) is 5.69 Å². The normalized spacial score (nSPS) is 11.0. The second-order valence-electron chi connectivity index (χ2n) is 7.73. The number of rotatable bonds is 9. The van der Waals surface area contributed by atoms with Crippen molar-refractivity contribution in [2.75, 3.05) is 11.4 Å². The molecule has 178 valence electrons. The predicted octanol–water partition coefficient (Wildman–Crippen LogP) is 4.42.